The molecule has 3 rings (SSSR count). The Balaban J connectivity index is 1.72. The van der Waals surface area contributed by atoms with E-state index in [9.17, 15) is 0 Å². The van der Waals surface area contributed by atoms with E-state index in [1.165, 1.54) is 12.8 Å². The molecular formula is C14H23N3O2. The van der Waals surface area contributed by atoms with Crippen LogP contribution in [0.25, 0.3) is 0 Å². The molecule has 1 saturated carbocycles. The third kappa shape index (κ3) is 2.67. The molecular weight excluding hydrogens is 242 g/mol. The van der Waals surface area contributed by atoms with E-state index < -0.39 is 0 Å². The van der Waals surface area contributed by atoms with E-state index in [0.717, 1.165) is 37.7 Å². The second-order valence-electron chi connectivity index (χ2n) is 6.05. The van der Waals surface area contributed by atoms with Crippen LogP contribution in [-0.4, -0.2) is 35.9 Å². The third-order valence-electron chi connectivity index (χ3n) is 4.31. The summed E-state index contributed by atoms with van der Waals surface area (Å²) in [4.78, 5) is 4.63. The highest BCUT2D eigenvalue weighted by molar-refractivity contribution is 5.15. The summed E-state index contributed by atoms with van der Waals surface area (Å²) in [6, 6.07) is 0.397. The number of rotatable bonds is 5. The lowest BCUT2D eigenvalue weighted by molar-refractivity contribution is 0.0498. The Morgan fingerprint density at radius 3 is 3.00 bits per heavy atom. The molecule has 0 amide bonds. The number of nitrogens with one attached hydrogen (secondary N) is 1. The first-order valence-corrected chi connectivity index (χ1v) is 7.38. The maximum Gasteiger partial charge on any atom is 0.233 e. The predicted molar refractivity (Wildman–Crippen MR) is 71.1 cm³/mol. The van der Waals surface area contributed by atoms with Crippen LogP contribution in [0.15, 0.2) is 4.52 Å². The molecule has 0 bridgehead atoms. The lowest BCUT2D eigenvalue weighted by atomic mass is 9.95. The Morgan fingerprint density at radius 1 is 1.42 bits per heavy atom. The molecule has 1 N–H and O–H groups in total. The summed E-state index contributed by atoms with van der Waals surface area (Å²) in [5.74, 6) is 1.82. The average Bonchev–Trinajstić information content (AvgIpc) is 3.00. The monoisotopic (exact) mass is 265 g/mol. The van der Waals surface area contributed by atoms with Gasteiger partial charge in [0.25, 0.3) is 0 Å². The van der Waals surface area contributed by atoms with E-state index in [2.05, 4.69) is 29.3 Å². The Hall–Kier alpha value is -0.940. The maximum atomic E-state index is 5.59. The highest BCUT2D eigenvalue weighted by atomic mass is 16.5. The van der Waals surface area contributed by atoms with E-state index >= 15 is 0 Å². The van der Waals surface area contributed by atoms with Crippen LogP contribution >= 0.6 is 0 Å². The topological polar surface area (TPSA) is 60.2 Å². The molecule has 1 aromatic rings. The molecule has 0 aromatic carbocycles. The number of aromatic nitrogens is 2. The van der Waals surface area contributed by atoms with Crippen LogP contribution in [0.5, 0.6) is 0 Å². The van der Waals surface area contributed by atoms with Crippen LogP contribution in [-0.2, 0) is 10.2 Å². The summed E-state index contributed by atoms with van der Waals surface area (Å²) in [6.07, 6.45) is 4.49. The Morgan fingerprint density at radius 2 is 2.26 bits per heavy atom. The number of hydrogen-bond acceptors (Lipinski definition) is 5. The van der Waals surface area contributed by atoms with Crippen molar-refractivity contribution < 1.29 is 9.26 Å². The summed E-state index contributed by atoms with van der Waals surface area (Å²) >= 11 is 0. The van der Waals surface area contributed by atoms with Gasteiger partial charge in [-0.05, 0) is 32.2 Å². The molecule has 0 radical (unpaired) electrons. The van der Waals surface area contributed by atoms with Gasteiger partial charge in [0.2, 0.25) is 5.89 Å². The fourth-order valence-corrected chi connectivity index (χ4v) is 2.60. The molecule has 1 aliphatic carbocycles. The minimum absolute atomic E-state index is 0.170. The van der Waals surface area contributed by atoms with E-state index in [-0.39, 0.29) is 11.3 Å². The van der Waals surface area contributed by atoms with Gasteiger partial charge < -0.3 is 14.6 Å². The highest BCUT2D eigenvalue weighted by Gasteiger charge is 2.44. The molecule has 5 heteroatoms. The fourth-order valence-electron chi connectivity index (χ4n) is 2.60. The number of nitrogens with zero attached hydrogens (tertiary/aromatic N) is 2. The van der Waals surface area contributed by atoms with Crippen LogP contribution in [0, 0.1) is 0 Å². The van der Waals surface area contributed by atoms with Gasteiger partial charge in [-0.25, -0.2) is 0 Å². The largest absolute Gasteiger partial charge is 0.381 e. The van der Waals surface area contributed by atoms with Crippen LogP contribution < -0.4 is 5.32 Å². The maximum absolute atomic E-state index is 5.59. The van der Waals surface area contributed by atoms with Gasteiger partial charge in [0.15, 0.2) is 5.82 Å². The second kappa shape index (κ2) is 5.21. The lowest BCUT2D eigenvalue weighted by Gasteiger charge is -2.29. The molecule has 2 atom stereocenters. The Bertz CT molecular complexity index is 428. The normalized spacial score (nSPS) is 29.4. The van der Waals surface area contributed by atoms with Crippen molar-refractivity contribution in [3.8, 4) is 0 Å². The standard InChI is InChI=1S/C14H23N3O2/c1-3-7-15-11-4-8-18-9-10(11)12-16-13(17-19-12)14(2)5-6-14/h10-11,15H,3-9H2,1-2H3. The summed E-state index contributed by atoms with van der Waals surface area (Å²) in [6.45, 7) is 6.90. The van der Waals surface area contributed by atoms with Crippen molar-refractivity contribution in [2.45, 2.75) is 56.9 Å². The average molecular weight is 265 g/mol. The lowest BCUT2D eigenvalue weighted by Crippen LogP contribution is -2.41. The Kier molecular flexibility index (Phi) is 3.58. The molecule has 2 unspecified atom stereocenters. The van der Waals surface area contributed by atoms with Crippen molar-refractivity contribution in [3.63, 3.8) is 0 Å². The van der Waals surface area contributed by atoms with Gasteiger partial charge in [-0.3, -0.25) is 0 Å². The van der Waals surface area contributed by atoms with Crippen molar-refractivity contribution in [3.05, 3.63) is 11.7 Å². The second-order valence-corrected chi connectivity index (χ2v) is 6.05. The molecule has 1 aliphatic heterocycles. The molecule has 1 aromatic heterocycles. The molecule has 5 nitrogen and oxygen atoms in total. The van der Waals surface area contributed by atoms with E-state index in [0.29, 0.717) is 12.6 Å². The minimum atomic E-state index is 0.170. The number of ether oxygens (including phenoxy) is 1. The summed E-state index contributed by atoms with van der Waals surface area (Å²) in [7, 11) is 0. The van der Waals surface area contributed by atoms with Gasteiger partial charge in [-0.1, -0.05) is 19.0 Å². The van der Waals surface area contributed by atoms with Crippen LogP contribution in [0.1, 0.15) is 57.2 Å². The quantitative estimate of drug-likeness (QED) is 0.882. The Labute approximate surface area is 114 Å². The molecule has 2 heterocycles. The minimum Gasteiger partial charge on any atom is -0.381 e. The van der Waals surface area contributed by atoms with Crippen molar-refractivity contribution in [1.82, 2.24) is 15.5 Å². The summed E-state index contributed by atoms with van der Waals surface area (Å²) in [5, 5.41) is 7.75. The van der Waals surface area contributed by atoms with Gasteiger partial charge in [0, 0.05) is 18.1 Å². The zero-order valence-electron chi connectivity index (χ0n) is 11.8. The molecule has 19 heavy (non-hydrogen) atoms. The first-order chi connectivity index (χ1) is 9.23. The summed E-state index contributed by atoms with van der Waals surface area (Å²) in [5.41, 5.74) is 0.170. The third-order valence-corrected chi connectivity index (χ3v) is 4.31. The van der Waals surface area contributed by atoms with Gasteiger partial charge in [0.05, 0.1) is 12.5 Å². The fraction of sp³-hybridized carbons (Fsp3) is 0.857. The van der Waals surface area contributed by atoms with E-state index in [4.69, 9.17) is 9.26 Å². The van der Waals surface area contributed by atoms with Gasteiger partial charge in [-0.2, -0.15) is 4.98 Å². The SMILES string of the molecule is CCCNC1CCOCC1c1nc(C2(C)CC2)no1. The molecule has 2 fully saturated rings. The van der Waals surface area contributed by atoms with Crippen LogP contribution in [0.2, 0.25) is 0 Å². The number of hydrogen-bond donors (Lipinski definition) is 1. The van der Waals surface area contributed by atoms with Crippen molar-refractivity contribution in [1.29, 1.82) is 0 Å². The predicted octanol–water partition coefficient (Wildman–Crippen LogP) is 1.99. The van der Waals surface area contributed by atoms with Crippen molar-refractivity contribution in [2.24, 2.45) is 0 Å². The molecule has 2 aliphatic rings. The first-order valence-electron chi connectivity index (χ1n) is 7.38. The van der Waals surface area contributed by atoms with E-state index in [1.807, 2.05) is 0 Å². The van der Waals surface area contributed by atoms with Gasteiger partial charge >= 0.3 is 0 Å². The smallest absolute Gasteiger partial charge is 0.233 e. The molecule has 1 saturated heterocycles. The van der Waals surface area contributed by atoms with Crippen LogP contribution in [0.4, 0.5) is 0 Å². The van der Waals surface area contributed by atoms with Crippen molar-refractivity contribution >= 4 is 0 Å². The summed E-state index contributed by atoms with van der Waals surface area (Å²) < 4.78 is 11.1. The van der Waals surface area contributed by atoms with E-state index in [1.54, 1.807) is 0 Å². The molecule has 106 valence electrons. The van der Waals surface area contributed by atoms with Gasteiger partial charge in [0.1, 0.15) is 0 Å². The van der Waals surface area contributed by atoms with Crippen LogP contribution in [0.3, 0.4) is 0 Å². The van der Waals surface area contributed by atoms with Crippen molar-refractivity contribution in [2.75, 3.05) is 19.8 Å². The highest BCUT2D eigenvalue weighted by Crippen LogP contribution is 2.46. The first kappa shape index (κ1) is 13.1. The molecule has 0 spiro atoms. The zero-order chi connectivity index (χ0) is 13.3. The van der Waals surface area contributed by atoms with Gasteiger partial charge in [-0.15, -0.1) is 0 Å². The zero-order valence-corrected chi connectivity index (χ0v) is 11.8.